The van der Waals surface area contributed by atoms with Crippen molar-refractivity contribution < 1.29 is 14.3 Å². The van der Waals surface area contributed by atoms with Crippen molar-refractivity contribution >= 4 is 11.9 Å². The molecule has 0 radical (unpaired) electrons. The molecule has 0 bridgehead atoms. The van der Waals surface area contributed by atoms with Crippen molar-refractivity contribution in [1.82, 2.24) is 5.32 Å². The standard InChI is InChI=1S/C18H25NO3/c1-13-7-6-10-16(14(13)2)19-17(20)12-22-18(21)11-15-8-4-3-5-9-15/h3-5,8-9,13-14,16H,6-7,10-12H2,1-2H3,(H,19,20)/t13-,14+,16+/m0/s1. The van der Waals surface area contributed by atoms with Crippen LogP contribution in [0.1, 0.15) is 38.7 Å². The first kappa shape index (κ1) is 16.5. The van der Waals surface area contributed by atoms with E-state index in [0.717, 1.165) is 18.4 Å². The summed E-state index contributed by atoms with van der Waals surface area (Å²) in [7, 11) is 0. The van der Waals surface area contributed by atoms with Gasteiger partial charge in [0.15, 0.2) is 6.61 Å². The summed E-state index contributed by atoms with van der Waals surface area (Å²) in [6, 6.07) is 9.58. The lowest BCUT2D eigenvalue weighted by Crippen LogP contribution is -2.45. The van der Waals surface area contributed by atoms with Crippen LogP contribution in [0.15, 0.2) is 30.3 Å². The molecule has 0 heterocycles. The second-order valence-corrected chi connectivity index (χ2v) is 6.26. The minimum Gasteiger partial charge on any atom is -0.455 e. The predicted octanol–water partition coefficient (Wildman–Crippen LogP) is 2.71. The molecule has 3 atom stereocenters. The Labute approximate surface area is 132 Å². The van der Waals surface area contributed by atoms with Crippen LogP contribution in [-0.4, -0.2) is 24.5 Å². The fraction of sp³-hybridized carbons (Fsp3) is 0.556. The van der Waals surface area contributed by atoms with Crippen LogP contribution >= 0.6 is 0 Å². The molecule has 1 aromatic rings. The number of rotatable bonds is 5. The maximum Gasteiger partial charge on any atom is 0.310 e. The van der Waals surface area contributed by atoms with E-state index in [1.807, 2.05) is 30.3 Å². The molecule has 0 aromatic heterocycles. The van der Waals surface area contributed by atoms with E-state index in [9.17, 15) is 9.59 Å². The Kier molecular flexibility index (Phi) is 5.99. The Balaban J connectivity index is 1.72. The molecular formula is C18H25NO3. The van der Waals surface area contributed by atoms with Gasteiger partial charge in [0.2, 0.25) is 0 Å². The summed E-state index contributed by atoms with van der Waals surface area (Å²) in [6.07, 6.45) is 3.57. The average molecular weight is 303 g/mol. The van der Waals surface area contributed by atoms with Crippen molar-refractivity contribution in [3.63, 3.8) is 0 Å². The Morgan fingerprint density at radius 1 is 1.18 bits per heavy atom. The van der Waals surface area contributed by atoms with Crippen LogP contribution in [0.4, 0.5) is 0 Å². The van der Waals surface area contributed by atoms with Gasteiger partial charge in [0, 0.05) is 6.04 Å². The molecule has 1 saturated carbocycles. The number of carbonyl (C=O) groups excluding carboxylic acids is 2. The summed E-state index contributed by atoms with van der Waals surface area (Å²) in [6.45, 7) is 4.21. The lowest BCUT2D eigenvalue weighted by atomic mass is 9.78. The molecule has 1 aliphatic rings. The zero-order valence-electron chi connectivity index (χ0n) is 13.4. The summed E-state index contributed by atoms with van der Waals surface area (Å²) in [5.41, 5.74) is 0.891. The Morgan fingerprint density at radius 2 is 1.91 bits per heavy atom. The second-order valence-electron chi connectivity index (χ2n) is 6.26. The third-order valence-corrected chi connectivity index (χ3v) is 4.61. The molecule has 0 saturated heterocycles. The third kappa shape index (κ3) is 4.86. The van der Waals surface area contributed by atoms with E-state index in [1.165, 1.54) is 6.42 Å². The number of benzene rings is 1. The van der Waals surface area contributed by atoms with E-state index in [4.69, 9.17) is 4.74 Å². The minimum atomic E-state index is -0.369. The number of hydrogen-bond acceptors (Lipinski definition) is 3. The first-order valence-corrected chi connectivity index (χ1v) is 8.05. The summed E-state index contributed by atoms with van der Waals surface area (Å²) in [5.74, 6) is 0.524. The number of ether oxygens (including phenoxy) is 1. The van der Waals surface area contributed by atoms with Crippen molar-refractivity contribution in [2.75, 3.05) is 6.61 Å². The van der Waals surface area contributed by atoms with Crippen molar-refractivity contribution in [1.29, 1.82) is 0 Å². The zero-order chi connectivity index (χ0) is 15.9. The van der Waals surface area contributed by atoms with Gasteiger partial charge < -0.3 is 10.1 Å². The highest BCUT2D eigenvalue weighted by Crippen LogP contribution is 2.29. The number of carbonyl (C=O) groups is 2. The molecule has 0 unspecified atom stereocenters. The summed E-state index contributed by atoms with van der Waals surface area (Å²) in [4.78, 5) is 23.7. The van der Waals surface area contributed by atoms with Crippen LogP contribution in [0.5, 0.6) is 0 Å². The molecule has 0 aliphatic heterocycles. The van der Waals surface area contributed by atoms with Crippen LogP contribution in [-0.2, 0) is 20.7 Å². The normalized spacial score (nSPS) is 24.5. The second kappa shape index (κ2) is 7.97. The minimum absolute atomic E-state index is 0.191. The number of nitrogens with one attached hydrogen (secondary N) is 1. The van der Waals surface area contributed by atoms with Gasteiger partial charge in [-0.1, -0.05) is 57.0 Å². The largest absolute Gasteiger partial charge is 0.455 e. The van der Waals surface area contributed by atoms with E-state index in [1.54, 1.807) is 0 Å². The highest BCUT2D eigenvalue weighted by Gasteiger charge is 2.28. The van der Waals surface area contributed by atoms with E-state index < -0.39 is 0 Å². The van der Waals surface area contributed by atoms with Gasteiger partial charge in [-0.25, -0.2) is 0 Å². The van der Waals surface area contributed by atoms with Crippen LogP contribution < -0.4 is 5.32 Å². The van der Waals surface area contributed by atoms with Crippen LogP contribution in [0, 0.1) is 11.8 Å². The van der Waals surface area contributed by atoms with E-state index in [2.05, 4.69) is 19.2 Å². The van der Waals surface area contributed by atoms with Gasteiger partial charge >= 0.3 is 5.97 Å². The summed E-state index contributed by atoms with van der Waals surface area (Å²) >= 11 is 0. The lowest BCUT2D eigenvalue weighted by molar-refractivity contribution is -0.148. The lowest BCUT2D eigenvalue weighted by Gasteiger charge is -2.34. The number of hydrogen-bond donors (Lipinski definition) is 1. The topological polar surface area (TPSA) is 55.4 Å². The molecule has 1 fully saturated rings. The Hall–Kier alpha value is -1.84. The maximum atomic E-state index is 11.9. The van der Waals surface area contributed by atoms with Crippen molar-refractivity contribution in [2.45, 2.75) is 45.6 Å². The van der Waals surface area contributed by atoms with Crippen molar-refractivity contribution in [3.8, 4) is 0 Å². The van der Waals surface area contributed by atoms with Crippen LogP contribution in [0.25, 0.3) is 0 Å². The highest BCUT2D eigenvalue weighted by molar-refractivity contribution is 5.81. The monoisotopic (exact) mass is 303 g/mol. The van der Waals surface area contributed by atoms with E-state index in [0.29, 0.717) is 11.8 Å². The highest BCUT2D eigenvalue weighted by atomic mass is 16.5. The van der Waals surface area contributed by atoms with Crippen LogP contribution in [0.2, 0.25) is 0 Å². The molecule has 4 nitrogen and oxygen atoms in total. The van der Waals surface area contributed by atoms with Gasteiger partial charge in [-0.3, -0.25) is 9.59 Å². The van der Waals surface area contributed by atoms with Gasteiger partial charge in [0.25, 0.3) is 5.91 Å². The average Bonchev–Trinajstić information content (AvgIpc) is 2.51. The molecule has 4 heteroatoms. The fourth-order valence-corrected chi connectivity index (χ4v) is 2.99. The molecule has 1 amide bonds. The Morgan fingerprint density at radius 3 is 2.64 bits per heavy atom. The predicted molar refractivity (Wildman–Crippen MR) is 85.2 cm³/mol. The molecule has 2 rings (SSSR count). The molecule has 1 aliphatic carbocycles. The van der Waals surface area contributed by atoms with Gasteiger partial charge in [0.1, 0.15) is 0 Å². The first-order chi connectivity index (χ1) is 10.6. The van der Waals surface area contributed by atoms with Gasteiger partial charge in [-0.05, 0) is 23.8 Å². The molecule has 22 heavy (non-hydrogen) atoms. The van der Waals surface area contributed by atoms with Gasteiger partial charge in [0.05, 0.1) is 6.42 Å². The quantitative estimate of drug-likeness (QED) is 0.851. The molecule has 1 N–H and O–H groups in total. The Bertz CT molecular complexity index is 500. The molecule has 0 spiro atoms. The number of esters is 1. The molecular weight excluding hydrogens is 278 g/mol. The summed E-state index contributed by atoms with van der Waals surface area (Å²) in [5, 5.41) is 3.00. The van der Waals surface area contributed by atoms with Gasteiger partial charge in [-0.2, -0.15) is 0 Å². The van der Waals surface area contributed by atoms with E-state index >= 15 is 0 Å². The smallest absolute Gasteiger partial charge is 0.310 e. The zero-order valence-corrected chi connectivity index (χ0v) is 13.4. The molecule has 120 valence electrons. The fourth-order valence-electron chi connectivity index (χ4n) is 2.99. The number of amides is 1. The van der Waals surface area contributed by atoms with E-state index in [-0.39, 0.29) is 30.9 Å². The van der Waals surface area contributed by atoms with Crippen molar-refractivity contribution in [2.24, 2.45) is 11.8 Å². The summed E-state index contributed by atoms with van der Waals surface area (Å²) < 4.78 is 5.06. The first-order valence-electron chi connectivity index (χ1n) is 8.05. The maximum absolute atomic E-state index is 11.9. The van der Waals surface area contributed by atoms with Crippen LogP contribution in [0.3, 0.4) is 0 Å². The SMILES string of the molecule is C[C@@H]1[C@@H](C)CCC[C@H]1NC(=O)COC(=O)Cc1ccccc1. The molecule has 1 aromatic carbocycles. The third-order valence-electron chi connectivity index (χ3n) is 4.61. The van der Waals surface area contributed by atoms with Gasteiger partial charge in [-0.15, -0.1) is 0 Å². The van der Waals surface area contributed by atoms with Crippen molar-refractivity contribution in [3.05, 3.63) is 35.9 Å².